The Kier molecular flexibility index (Phi) is 10.8. The first kappa shape index (κ1) is 32.8. The number of carbonyl (C=O) groups excluding carboxylic acids is 4. The number of nitrogens with zero attached hydrogens (tertiary/aromatic N) is 1. The quantitative estimate of drug-likeness (QED) is 0.189. The number of hydrogen-bond acceptors (Lipinski definition) is 10. The van der Waals surface area contributed by atoms with Crippen LogP contribution < -0.4 is 20.1 Å². The van der Waals surface area contributed by atoms with E-state index in [0.717, 1.165) is 31.0 Å². The minimum atomic E-state index is -0.777. The van der Waals surface area contributed by atoms with Gasteiger partial charge in [-0.05, 0) is 67.0 Å². The van der Waals surface area contributed by atoms with Gasteiger partial charge in [0.25, 0.3) is 5.91 Å². The van der Waals surface area contributed by atoms with Crippen LogP contribution in [0.3, 0.4) is 0 Å². The Morgan fingerprint density at radius 2 is 1.72 bits per heavy atom. The second-order valence-corrected chi connectivity index (χ2v) is 12.7. The van der Waals surface area contributed by atoms with Crippen molar-refractivity contribution in [3.8, 4) is 11.5 Å². The van der Waals surface area contributed by atoms with Gasteiger partial charge in [0.1, 0.15) is 11.1 Å². The second-order valence-electron chi connectivity index (χ2n) is 11.7. The summed E-state index contributed by atoms with van der Waals surface area (Å²) >= 11 is 1.05. The van der Waals surface area contributed by atoms with Crippen LogP contribution in [0.1, 0.15) is 60.7 Å². The maximum Gasteiger partial charge on any atom is 0.341 e. The molecule has 242 valence electrons. The molecule has 2 amide bonds. The Labute approximate surface area is 271 Å². The first-order chi connectivity index (χ1) is 22.2. The molecule has 0 bridgehead atoms. The smallest absolute Gasteiger partial charge is 0.341 e. The number of thioether (sulfide) groups is 1. The lowest BCUT2D eigenvalue weighted by Gasteiger charge is -2.36. The van der Waals surface area contributed by atoms with E-state index in [1.165, 1.54) is 12.3 Å². The minimum absolute atomic E-state index is 0.0310. The predicted molar refractivity (Wildman–Crippen MR) is 172 cm³/mol. The van der Waals surface area contributed by atoms with Gasteiger partial charge in [-0.2, -0.15) is 0 Å². The Balaban J connectivity index is 1.14. The Hall–Kier alpha value is -4.58. The fraction of sp³-hybridized carbons (Fsp3) is 0.382. The molecule has 46 heavy (non-hydrogen) atoms. The lowest BCUT2D eigenvalue weighted by molar-refractivity contribution is -0.119. The van der Waals surface area contributed by atoms with Gasteiger partial charge in [-0.25, -0.2) is 14.6 Å². The van der Waals surface area contributed by atoms with Gasteiger partial charge in [-0.3, -0.25) is 9.59 Å². The normalized spacial score (nSPS) is 18.5. The number of anilines is 2. The number of pyridine rings is 1. The average Bonchev–Trinajstić information content (AvgIpc) is 3.51. The SMILES string of the molecule is CC(C)[C@H]1CC[C@@H](C)C[C@H]1OC(=O)c1ccccc1NC(=O)COC(=O)c1cccnc1SCC(=O)Nc1ccc2c(c1)OCO2. The summed E-state index contributed by atoms with van der Waals surface area (Å²) in [7, 11) is 0. The zero-order valence-electron chi connectivity index (χ0n) is 25.9. The van der Waals surface area contributed by atoms with Crippen molar-refractivity contribution >= 4 is 46.9 Å². The van der Waals surface area contributed by atoms with Gasteiger partial charge in [-0.1, -0.05) is 51.1 Å². The topological polar surface area (TPSA) is 142 Å². The molecule has 0 unspecified atom stereocenters. The highest BCUT2D eigenvalue weighted by molar-refractivity contribution is 8.00. The number of benzene rings is 2. The molecule has 0 radical (unpaired) electrons. The number of rotatable bonds is 11. The molecule has 3 aromatic rings. The molecular formula is C34H37N3O8S. The summed E-state index contributed by atoms with van der Waals surface area (Å²) in [4.78, 5) is 55.7. The van der Waals surface area contributed by atoms with Crippen LogP contribution in [0.4, 0.5) is 11.4 Å². The van der Waals surface area contributed by atoms with E-state index >= 15 is 0 Å². The number of esters is 2. The molecule has 2 N–H and O–H groups in total. The number of carbonyl (C=O) groups is 4. The molecule has 1 fully saturated rings. The monoisotopic (exact) mass is 647 g/mol. The molecule has 5 rings (SSSR count). The summed E-state index contributed by atoms with van der Waals surface area (Å²) in [5.74, 6) is 0.0249. The van der Waals surface area contributed by atoms with Crippen LogP contribution in [0, 0.1) is 17.8 Å². The average molecular weight is 648 g/mol. The molecule has 1 aromatic heterocycles. The van der Waals surface area contributed by atoms with Crippen molar-refractivity contribution in [3.63, 3.8) is 0 Å². The molecule has 2 aromatic carbocycles. The molecular weight excluding hydrogens is 610 g/mol. The van der Waals surface area contributed by atoms with Gasteiger partial charge < -0.3 is 29.6 Å². The summed E-state index contributed by atoms with van der Waals surface area (Å²) < 4.78 is 21.9. The number of para-hydroxylation sites is 1. The molecule has 11 nitrogen and oxygen atoms in total. The maximum atomic E-state index is 13.2. The summed E-state index contributed by atoms with van der Waals surface area (Å²) in [6.45, 7) is 5.98. The Morgan fingerprint density at radius 1 is 0.935 bits per heavy atom. The van der Waals surface area contributed by atoms with Crippen LogP contribution in [0.15, 0.2) is 65.8 Å². The first-order valence-electron chi connectivity index (χ1n) is 15.2. The van der Waals surface area contributed by atoms with Gasteiger partial charge in [0.15, 0.2) is 18.1 Å². The van der Waals surface area contributed by atoms with Gasteiger partial charge in [-0.15, -0.1) is 0 Å². The van der Waals surface area contributed by atoms with E-state index < -0.39 is 24.5 Å². The van der Waals surface area contributed by atoms with E-state index in [9.17, 15) is 19.2 Å². The summed E-state index contributed by atoms with van der Waals surface area (Å²) in [5, 5.41) is 5.71. The molecule has 1 aliphatic carbocycles. The van der Waals surface area contributed by atoms with Crippen molar-refractivity contribution in [2.24, 2.45) is 17.8 Å². The van der Waals surface area contributed by atoms with E-state index in [0.29, 0.717) is 29.0 Å². The molecule has 2 heterocycles. The summed E-state index contributed by atoms with van der Waals surface area (Å²) in [6.07, 6.45) is 4.22. The van der Waals surface area contributed by atoms with Crippen LogP contribution in [0.25, 0.3) is 0 Å². The molecule has 0 saturated heterocycles. The predicted octanol–water partition coefficient (Wildman–Crippen LogP) is 5.95. The highest BCUT2D eigenvalue weighted by Gasteiger charge is 2.34. The van der Waals surface area contributed by atoms with Crippen LogP contribution in [0.5, 0.6) is 11.5 Å². The largest absolute Gasteiger partial charge is 0.458 e. The van der Waals surface area contributed by atoms with Crippen molar-refractivity contribution < 1.29 is 38.1 Å². The van der Waals surface area contributed by atoms with Crippen LogP contribution in [-0.4, -0.2) is 54.0 Å². The number of ether oxygens (including phenoxy) is 4. The lowest BCUT2D eigenvalue weighted by atomic mass is 9.75. The third kappa shape index (κ3) is 8.36. The van der Waals surface area contributed by atoms with E-state index in [1.807, 2.05) is 0 Å². The van der Waals surface area contributed by atoms with Crippen LogP contribution in [-0.2, 0) is 19.1 Å². The first-order valence-corrected chi connectivity index (χ1v) is 16.2. The van der Waals surface area contributed by atoms with Gasteiger partial charge in [0.05, 0.1) is 22.6 Å². The van der Waals surface area contributed by atoms with Gasteiger partial charge >= 0.3 is 11.9 Å². The van der Waals surface area contributed by atoms with Gasteiger partial charge in [0, 0.05) is 18.0 Å². The summed E-state index contributed by atoms with van der Waals surface area (Å²) in [5.41, 5.74) is 1.15. The minimum Gasteiger partial charge on any atom is -0.458 e. The number of hydrogen-bond donors (Lipinski definition) is 2. The standard InChI is InChI=1S/C34H37N3O8S/c1-20(2)23-12-10-21(3)15-28(23)45-34(41)24-7-4-5-9-26(24)37-30(38)17-42-33(40)25-8-6-14-35-32(25)46-18-31(39)36-22-11-13-27-29(16-22)44-19-43-27/h4-9,11,13-14,16,20-21,23,28H,10,12,15,17-19H2,1-3H3,(H,36,39)(H,37,38)/t21-,23-,28-/m1/s1. The Bertz CT molecular complexity index is 1600. The van der Waals surface area contributed by atoms with Gasteiger partial charge in [0.2, 0.25) is 12.7 Å². The molecule has 1 saturated carbocycles. The van der Waals surface area contributed by atoms with Crippen molar-refractivity contribution in [1.29, 1.82) is 0 Å². The second kappa shape index (κ2) is 15.1. The molecule has 0 spiro atoms. The van der Waals surface area contributed by atoms with Crippen molar-refractivity contribution in [2.45, 2.75) is 51.2 Å². The van der Waals surface area contributed by atoms with E-state index in [4.69, 9.17) is 18.9 Å². The molecule has 3 atom stereocenters. The van der Waals surface area contributed by atoms with Crippen molar-refractivity contribution in [1.82, 2.24) is 4.98 Å². The lowest BCUT2D eigenvalue weighted by Crippen LogP contribution is -2.36. The highest BCUT2D eigenvalue weighted by Crippen LogP contribution is 2.36. The number of nitrogens with one attached hydrogen (secondary N) is 2. The molecule has 2 aliphatic rings. The fourth-order valence-electron chi connectivity index (χ4n) is 5.58. The number of aromatic nitrogens is 1. The fourth-order valence-corrected chi connectivity index (χ4v) is 6.37. The number of amides is 2. The molecule has 12 heteroatoms. The zero-order chi connectivity index (χ0) is 32.6. The molecule has 1 aliphatic heterocycles. The van der Waals surface area contributed by atoms with Crippen molar-refractivity contribution in [2.75, 3.05) is 29.8 Å². The highest BCUT2D eigenvalue weighted by atomic mass is 32.2. The third-order valence-electron chi connectivity index (χ3n) is 7.96. The Morgan fingerprint density at radius 3 is 2.54 bits per heavy atom. The zero-order valence-corrected chi connectivity index (χ0v) is 26.8. The van der Waals surface area contributed by atoms with E-state index in [-0.39, 0.29) is 52.3 Å². The van der Waals surface area contributed by atoms with Crippen molar-refractivity contribution in [3.05, 3.63) is 71.9 Å². The van der Waals surface area contributed by atoms with E-state index in [1.54, 1.807) is 48.5 Å². The maximum absolute atomic E-state index is 13.2. The number of fused-ring (bicyclic) bond motifs is 1. The van der Waals surface area contributed by atoms with Crippen LogP contribution in [0.2, 0.25) is 0 Å². The summed E-state index contributed by atoms with van der Waals surface area (Å²) in [6, 6.07) is 14.7. The third-order valence-corrected chi connectivity index (χ3v) is 8.97. The van der Waals surface area contributed by atoms with Crippen LogP contribution >= 0.6 is 11.8 Å². The van der Waals surface area contributed by atoms with E-state index in [2.05, 4.69) is 36.4 Å².